The second-order valence-electron chi connectivity index (χ2n) is 5.22. The van der Waals surface area contributed by atoms with Crippen LogP contribution in [0.5, 0.6) is 0 Å². The second kappa shape index (κ2) is 5.31. The summed E-state index contributed by atoms with van der Waals surface area (Å²) in [6, 6.07) is 0.538. The van der Waals surface area contributed by atoms with Crippen molar-refractivity contribution in [1.82, 2.24) is 15.1 Å². The van der Waals surface area contributed by atoms with Gasteiger partial charge in [0, 0.05) is 24.2 Å². The van der Waals surface area contributed by atoms with E-state index in [-0.39, 0.29) is 11.9 Å². The molecule has 4 nitrogen and oxygen atoms in total. The van der Waals surface area contributed by atoms with E-state index in [1.54, 1.807) is 6.92 Å². The molecule has 0 radical (unpaired) electrons. The van der Waals surface area contributed by atoms with Crippen LogP contribution >= 0.6 is 11.6 Å². The van der Waals surface area contributed by atoms with Gasteiger partial charge in [-0.3, -0.25) is 9.48 Å². The van der Waals surface area contributed by atoms with E-state index in [1.165, 1.54) is 11.3 Å². The Labute approximate surface area is 113 Å². The standard InChI is InChI=1S/C13H20ClN3O/c1-8(2)17-12-6-11(16-13(18)9(3)14)5-4-10(12)7-15-17/h7-9,11H,4-6H2,1-3H3,(H,16,18). The van der Waals surface area contributed by atoms with E-state index >= 15 is 0 Å². The Morgan fingerprint density at radius 1 is 1.56 bits per heavy atom. The van der Waals surface area contributed by atoms with E-state index < -0.39 is 5.38 Å². The van der Waals surface area contributed by atoms with E-state index in [2.05, 4.69) is 28.9 Å². The van der Waals surface area contributed by atoms with Crippen LogP contribution in [0.15, 0.2) is 6.20 Å². The number of hydrogen-bond acceptors (Lipinski definition) is 2. The van der Waals surface area contributed by atoms with Gasteiger partial charge in [0.2, 0.25) is 5.91 Å². The summed E-state index contributed by atoms with van der Waals surface area (Å²) in [6.07, 6.45) is 4.75. The van der Waals surface area contributed by atoms with Crippen LogP contribution in [0.4, 0.5) is 0 Å². The highest BCUT2D eigenvalue weighted by Gasteiger charge is 2.25. The first-order chi connectivity index (χ1) is 8.49. The number of halogens is 1. The van der Waals surface area contributed by atoms with Crippen LogP contribution in [0.1, 0.15) is 44.5 Å². The van der Waals surface area contributed by atoms with E-state index in [9.17, 15) is 4.79 Å². The van der Waals surface area contributed by atoms with Crippen molar-refractivity contribution in [2.24, 2.45) is 0 Å². The van der Waals surface area contributed by atoms with E-state index in [4.69, 9.17) is 11.6 Å². The van der Waals surface area contributed by atoms with Gasteiger partial charge in [0.25, 0.3) is 0 Å². The lowest BCUT2D eigenvalue weighted by Gasteiger charge is -2.25. The smallest absolute Gasteiger partial charge is 0.237 e. The van der Waals surface area contributed by atoms with Gasteiger partial charge < -0.3 is 5.32 Å². The monoisotopic (exact) mass is 269 g/mol. The Balaban J connectivity index is 2.09. The predicted octanol–water partition coefficient (Wildman–Crippen LogP) is 2.06. The Bertz CT molecular complexity index is 439. The summed E-state index contributed by atoms with van der Waals surface area (Å²) >= 11 is 5.78. The van der Waals surface area contributed by atoms with Gasteiger partial charge in [-0.05, 0) is 39.2 Å². The van der Waals surface area contributed by atoms with Crippen LogP contribution in [0.3, 0.4) is 0 Å². The molecule has 0 saturated heterocycles. The molecule has 1 heterocycles. The number of carbonyl (C=O) groups excluding carboxylic acids is 1. The van der Waals surface area contributed by atoms with Crippen molar-refractivity contribution in [1.29, 1.82) is 0 Å². The van der Waals surface area contributed by atoms with Crippen molar-refractivity contribution in [2.45, 2.75) is 57.5 Å². The van der Waals surface area contributed by atoms with Crippen LogP contribution < -0.4 is 5.32 Å². The maximum Gasteiger partial charge on any atom is 0.237 e. The van der Waals surface area contributed by atoms with Crippen LogP contribution in [0, 0.1) is 0 Å². The molecule has 1 aliphatic rings. The molecule has 0 bridgehead atoms. The lowest BCUT2D eigenvalue weighted by atomic mass is 9.93. The fraction of sp³-hybridized carbons (Fsp3) is 0.692. The van der Waals surface area contributed by atoms with Crippen molar-refractivity contribution in [3.63, 3.8) is 0 Å². The van der Waals surface area contributed by atoms with Gasteiger partial charge in [0.05, 0.1) is 6.20 Å². The summed E-state index contributed by atoms with van der Waals surface area (Å²) in [4.78, 5) is 11.6. The van der Waals surface area contributed by atoms with Crippen LogP contribution in [0.2, 0.25) is 0 Å². The molecule has 18 heavy (non-hydrogen) atoms. The summed E-state index contributed by atoms with van der Waals surface area (Å²) in [5, 5.41) is 6.96. The summed E-state index contributed by atoms with van der Waals surface area (Å²) in [6.45, 7) is 5.94. The molecule has 5 heteroatoms. The van der Waals surface area contributed by atoms with E-state index in [0.717, 1.165) is 19.3 Å². The molecule has 0 aromatic carbocycles. The molecule has 1 N–H and O–H groups in total. The SMILES string of the molecule is CC(Cl)C(=O)NC1CCc2cnn(C(C)C)c2C1. The van der Waals surface area contributed by atoms with Crippen molar-refractivity contribution in [2.75, 3.05) is 0 Å². The van der Waals surface area contributed by atoms with E-state index in [1.807, 2.05) is 6.20 Å². The van der Waals surface area contributed by atoms with Crippen molar-refractivity contribution >= 4 is 17.5 Å². The molecule has 1 aromatic rings. The molecule has 0 spiro atoms. The van der Waals surface area contributed by atoms with Crippen LogP contribution in [-0.4, -0.2) is 27.1 Å². The van der Waals surface area contributed by atoms with E-state index in [0.29, 0.717) is 6.04 Å². The minimum absolute atomic E-state index is 0.0827. The zero-order valence-electron chi connectivity index (χ0n) is 11.1. The third kappa shape index (κ3) is 2.69. The fourth-order valence-electron chi connectivity index (χ4n) is 2.41. The van der Waals surface area contributed by atoms with Gasteiger partial charge in [0.15, 0.2) is 0 Å². The average Bonchev–Trinajstić information content (AvgIpc) is 2.71. The number of hydrogen-bond donors (Lipinski definition) is 1. The minimum Gasteiger partial charge on any atom is -0.352 e. The third-order valence-corrected chi connectivity index (χ3v) is 3.58. The molecule has 0 saturated carbocycles. The third-order valence-electron chi connectivity index (χ3n) is 3.38. The number of nitrogens with zero attached hydrogens (tertiary/aromatic N) is 2. The first-order valence-corrected chi connectivity index (χ1v) is 6.92. The highest BCUT2D eigenvalue weighted by Crippen LogP contribution is 2.23. The molecule has 100 valence electrons. The maximum absolute atomic E-state index is 11.6. The van der Waals surface area contributed by atoms with Gasteiger partial charge in [-0.25, -0.2) is 0 Å². The maximum atomic E-state index is 11.6. The highest BCUT2D eigenvalue weighted by molar-refractivity contribution is 6.30. The topological polar surface area (TPSA) is 46.9 Å². The number of amides is 1. The van der Waals surface area contributed by atoms with Gasteiger partial charge in [-0.15, -0.1) is 11.6 Å². The molecule has 2 atom stereocenters. The van der Waals surface area contributed by atoms with Gasteiger partial charge >= 0.3 is 0 Å². The number of carbonyl (C=O) groups is 1. The van der Waals surface area contributed by atoms with Crippen LogP contribution in [0.25, 0.3) is 0 Å². The molecule has 1 aromatic heterocycles. The molecule has 0 aliphatic heterocycles. The van der Waals surface area contributed by atoms with Gasteiger partial charge in [0.1, 0.15) is 5.38 Å². The molecule has 2 unspecified atom stereocenters. The number of rotatable bonds is 3. The summed E-state index contributed by atoms with van der Waals surface area (Å²) in [5.41, 5.74) is 2.57. The molecule has 1 amide bonds. The largest absolute Gasteiger partial charge is 0.352 e. The van der Waals surface area contributed by atoms with Crippen molar-refractivity contribution < 1.29 is 4.79 Å². The number of alkyl halides is 1. The average molecular weight is 270 g/mol. The molecule has 0 fully saturated rings. The van der Waals surface area contributed by atoms with Gasteiger partial charge in [-0.1, -0.05) is 0 Å². The minimum atomic E-state index is -0.471. The lowest BCUT2D eigenvalue weighted by molar-refractivity contribution is -0.121. The Hall–Kier alpha value is -1.03. The Morgan fingerprint density at radius 2 is 2.28 bits per heavy atom. The first kappa shape index (κ1) is 13.4. The first-order valence-electron chi connectivity index (χ1n) is 6.48. The summed E-state index contributed by atoms with van der Waals surface area (Å²) in [7, 11) is 0. The normalized spacial score (nSPS) is 20.6. The number of aryl methyl sites for hydroxylation is 1. The Morgan fingerprint density at radius 3 is 2.89 bits per heavy atom. The van der Waals surface area contributed by atoms with Crippen molar-refractivity contribution in [3.05, 3.63) is 17.5 Å². The van der Waals surface area contributed by atoms with Crippen LogP contribution in [-0.2, 0) is 17.6 Å². The Kier molecular flexibility index (Phi) is 3.95. The fourth-order valence-corrected chi connectivity index (χ4v) is 2.47. The molecular formula is C13H20ClN3O. The van der Waals surface area contributed by atoms with Gasteiger partial charge in [-0.2, -0.15) is 5.10 Å². The quantitative estimate of drug-likeness (QED) is 0.854. The number of nitrogens with one attached hydrogen (secondary N) is 1. The second-order valence-corrected chi connectivity index (χ2v) is 5.87. The zero-order valence-corrected chi connectivity index (χ0v) is 11.9. The number of aromatic nitrogens is 2. The highest BCUT2D eigenvalue weighted by atomic mass is 35.5. The zero-order chi connectivity index (χ0) is 13.3. The van der Waals surface area contributed by atoms with Crippen molar-refractivity contribution in [3.8, 4) is 0 Å². The molecule has 1 aliphatic carbocycles. The number of fused-ring (bicyclic) bond motifs is 1. The lowest BCUT2D eigenvalue weighted by Crippen LogP contribution is -2.42. The predicted molar refractivity (Wildman–Crippen MR) is 71.9 cm³/mol. The molecule has 2 rings (SSSR count). The molecular weight excluding hydrogens is 250 g/mol. The summed E-state index contributed by atoms with van der Waals surface area (Å²) in [5.74, 6) is -0.0827. The summed E-state index contributed by atoms with van der Waals surface area (Å²) < 4.78 is 2.05.